The molecule has 1 aliphatic rings. The van der Waals surface area contributed by atoms with Gasteiger partial charge in [0.15, 0.2) is 0 Å². The minimum atomic E-state index is -0.982. The van der Waals surface area contributed by atoms with E-state index in [0.29, 0.717) is 19.4 Å². The number of ether oxygens (including phenoxy) is 1. The monoisotopic (exact) mass is 202 g/mol. The Morgan fingerprint density at radius 2 is 2.07 bits per heavy atom. The van der Waals surface area contributed by atoms with E-state index in [1.54, 1.807) is 6.92 Å². The van der Waals surface area contributed by atoms with E-state index in [-0.39, 0.29) is 12.6 Å². The molecule has 4 nitrogen and oxygen atoms in total. The Morgan fingerprint density at radius 3 is 2.50 bits per heavy atom. The Labute approximate surface area is 83.9 Å². The molecule has 1 fully saturated rings. The van der Waals surface area contributed by atoms with E-state index in [0.717, 1.165) is 12.8 Å². The number of hydrogen-bond acceptors (Lipinski definition) is 4. The van der Waals surface area contributed by atoms with Crippen molar-refractivity contribution in [3.8, 4) is 0 Å². The van der Waals surface area contributed by atoms with Gasteiger partial charge in [0, 0.05) is 0 Å². The van der Waals surface area contributed by atoms with Crippen molar-refractivity contribution in [2.24, 2.45) is 5.41 Å². The van der Waals surface area contributed by atoms with Crippen LogP contribution in [0.1, 0.15) is 32.6 Å². The summed E-state index contributed by atoms with van der Waals surface area (Å²) in [5.74, 6) is -0.362. The molecule has 0 aromatic rings. The zero-order chi connectivity index (χ0) is 10.6. The van der Waals surface area contributed by atoms with Gasteiger partial charge in [0.25, 0.3) is 0 Å². The number of rotatable bonds is 4. The Hall–Kier alpha value is -0.610. The maximum atomic E-state index is 11.7. The van der Waals surface area contributed by atoms with Gasteiger partial charge in [-0.1, -0.05) is 12.8 Å². The first-order valence-electron chi connectivity index (χ1n) is 5.13. The first-order valence-corrected chi connectivity index (χ1v) is 5.13. The maximum absolute atomic E-state index is 11.7. The van der Waals surface area contributed by atoms with Crippen molar-refractivity contribution in [1.82, 2.24) is 0 Å². The zero-order valence-corrected chi connectivity index (χ0v) is 8.53. The lowest BCUT2D eigenvalue weighted by Gasteiger charge is -2.30. The van der Waals surface area contributed by atoms with Crippen LogP contribution in [0.5, 0.6) is 0 Å². The molecule has 0 bridgehead atoms. The van der Waals surface area contributed by atoms with Gasteiger partial charge in [-0.3, -0.25) is 4.79 Å². The van der Waals surface area contributed by atoms with E-state index in [9.17, 15) is 9.90 Å². The molecular weight excluding hydrogens is 184 g/mol. The summed E-state index contributed by atoms with van der Waals surface area (Å²) in [5.41, 5.74) is -0.842. The lowest BCUT2D eigenvalue weighted by atomic mass is 9.80. The first-order chi connectivity index (χ1) is 6.67. The van der Waals surface area contributed by atoms with Crippen LogP contribution < -0.4 is 0 Å². The third-order valence-corrected chi connectivity index (χ3v) is 2.99. The largest absolute Gasteiger partial charge is 0.465 e. The van der Waals surface area contributed by atoms with E-state index < -0.39 is 11.5 Å². The predicted molar refractivity (Wildman–Crippen MR) is 50.6 cm³/mol. The van der Waals surface area contributed by atoms with Crippen molar-refractivity contribution < 1.29 is 19.7 Å². The summed E-state index contributed by atoms with van der Waals surface area (Å²) >= 11 is 0. The third-order valence-electron chi connectivity index (χ3n) is 2.99. The molecule has 1 atom stereocenters. The smallest absolute Gasteiger partial charge is 0.314 e. The predicted octanol–water partition coefficient (Wildman–Crippen LogP) is 0.463. The molecule has 1 aliphatic carbocycles. The highest BCUT2D eigenvalue weighted by Crippen LogP contribution is 2.42. The number of carbonyl (C=O) groups excluding carboxylic acids is 1. The SMILES string of the molecule is CCOC(=O)C1([C@@H](O)CO)CCCC1. The number of aliphatic hydroxyl groups is 2. The van der Waals surface area contributed by atoms with E-state index in [1.807, 2.05) is 0 Å². The van der Waals surface area contributed by atoms with Gasteiger partial charge in [0.05, 0.1) is 24.7 Å². The van der Waals surface area contributed by atoms with E-state index in [1.165, 1.54) is 0 Å². The average molecular weight is 202 g/mol. The summed E-state index contributed by atoms with van der Waals surface area (Å²) in [6, 6.07) is 0. The molecule has 0 heterocycles. The van der Waals surface area contributed by atoms with Crippen LogP contribution in [0.3, 0.4) is 0 Å². The molecule has 1 saturated carbocycles. The lowest BCUT2D eigenvalue weighted by molar-refractivity contribution is -0.164. The van der Waals surface area contributed by atoms with Crippen molar-refractivity contribution >= 4 is 5.97 Å². The fourth-order valence-electron chi connectivity index (χ4n) is 2.13. The molecule has 0 aromatic carbocycles. The molecule has 82 valence electrons. The maximum Gasteiger partial charge on any atom is 0.314 e. The van der Waals surface area contributed by atoms with Gasteiger partial charge in [0.1, 0.15) is 0 Å². The standard InChI is InChI=1S/C10H18O4/c1-2-14-9(13)10(8(12)7-11)5-3-4-6-10/h8,11-12H,2-7H2,1H3/t8-/m0/s1. The molecule has 14 heavy (non-hydrogen) atoms. The number of carbonyl (C=O) groups is 1. The van der Waals surface area contributed by atoms with E-state index in [4.69, 9.17) is 9.84 Å². The van der Waals surface area contributed by atoms with Gasteiger partial charge in [-0.15, -0.1) is 0 Å². The van der Waals surface area contributed by atoms with Crippen molar-refractivity contribution in [2.75, 3.05) is 13.2 Å². The van der Waals surface area contributed by atoms with Crippen molar-refractivity contribution in [3.63, 3.8) is 0 Å². The summed E-state index contributed by atoms with van der Waals surface area (Å²) in [6.45, 7) is 1.68. The Balaban J connectivity index is 2.75. The third kappa shape index (κ3) is 1.91. The molecule has 0 spiro atoms. The second kappa shape index (κ2) is 4.75. The second-order valence-electron chi connectivity index (χ2n) is 3.78. The lowest BCUT2D eigenvalue weighted by Crippen LogP contribution is -2.43. The summed E-state index contributed by atoms with van der Waals surface area (Å²) in [5, 5.41) is 18.6. The second-order valence-corrected chi connectivity index (χ2v) is 3.78. The van der Waals surface area contributed by atoms with Crippen LogP contribution in [-0.2, 0) is 9.53 Å². The van der Waals surface area contributed by atoms with Crippen LogP contribution in [0.4, 0.5) is 0 Å². The molecule has 0 unspecified atom stereocenters. The van der Waals surface area contributed by atoms with E-state index in [2.05, 4.69) is 0 Å². The average Bonchev–Trinajstić information content (AvgIpc) is 2.67. The van der Waals surface area contributed by atoms with Crippen molar-refractivity contribution in [3.05, 3.63) is 0 Å². The topological polar surface area (TPSA) is 66.8 Å². The van der Waals surface area contributed by atoms with Crippen LogP contribution >= 0.6 is 0 Å². The first kappa shape index (κ1) is 11.5. The van der Waals surface area contributed by atoms with Gasteiger partial charge in [-0.25, -0.2) is 0 Å². The Bertz CT molecular complexity index is 196. The Kier molecular flexibility index (Phi) is 3.89. The van der Waals surface area contributed by atoms with Crippen molar-refractivity contribution in [2.45, 2.75) is 38.7 Å². The minimum absolute atomic E-state index is 0.318. The quantitative estimate of drug-likeness (QED) is 0.650. The van der Waals surface area contributed by atoms with Crippen LogP contribution in [0.15, 0.2) is 0 Å². The molecule has 0 amide bonds. The van der Waals surface area contributed by atoms with Gasteiger partial charge in [0.2, 0.25) is 0 Å². The van der Waals surface area contributed by atoms with Gasteiger partial charge in [-0.05, 0) is 19.8 Å². The molecule has 2 N–H and O–H groups in total. The number of aliphatic hydroxyl groups excluding tert-OH is 2. The zero-order valence-electron chi connectivity index (χ0n) is 8.53. The summed E-state index contributed by atoms with van der Waals surface area (Å²) in [4.78, 5) is 11.7. The van der Waals surface area contributed by atoms with Crippen LogP contribution in [0.2, 0.25) is 0 Å². The van der Waals surface area contributed by atoms with Crippen LogP contribution in [0, 0.1) is 5.41 Å². The van der Waals surface area contributed by atoms with Gasteiger partial charge in [-0.2, -0.15) is 0 Å². The van der Waals surface area contributed by atoms with Crippen molar-refractivity contribution in [1.29, 1.82) is 0 Å². The molecule has 4 heteroatoms. The minimum Gasteiger partial charge on any atom is -0.465 e. The molecule has 0 radical (unpaired) electrons. The highest BCUT2D eigenvalue weighted by atomic mass is 16.5. The fourth-order valence-corrected chi connectivity index (χ4v) is 2.13. The fraction of sp³-hybridized carbons (Fsp3) is 0.900. The van der Waals surface area contributed by atoms with Crippen LogP contribution in [0.25, 0.3) is 0 Å². The van der Waals surface area contributed by atoms with Crippen LogP contribution in [-0.4, -0.2) is 35.5 Å². The molecule has 0 saturated heterocycles. The molecule has 0 aromatic heterocycles. The highest BCUT2D eigenvalue weighted by molar-refractivity contribution is 5.78. The highest BCUT2D eigenvalue weighted by Gasteiger charge is 2.48. The number of hydrogen-bond donors (Lipinski definition) is 2. The Morgan fingerprint density at radius 1 is 1.50 bits per heavy atom. The van der Waals surface area contributed by atoms with Gasteiger partial charge < -0.3 is 14.9 Å². The summed E-state index contributed by atoms with van der Waals surface area (Å²) in [7, 11) is 0. The molecular formula is C10H18O4. The normalized spacial score (nSPS) is 21.9. The molecule has 1 rings (SSSR count). The summed E-state index contributed by atoms with van der Waals surface area (Å²) in [6.07, 6.45) is 2.08. The summed E-state index contributed by atoms with van der Waals surface area (Å²) < 4.78 is 4.94. The molecule has 0 aliphatic heterocycles. The number of esters is 1. The van der Waals surface area contributed by atoms with Gasteiger partial charge >= 0.3 is 5.97 Å². The van der Waals surface area contributed by atoms with E-state index >= 15 is 0 Å².